The van der Waals surface area contributed by atoms with Crippen molar-refractivity contribution in [2.24, 2.45) is 0 Å². The number of amides is 1. The fourth-order valence-electron chi connectivity index (χ4n) is 3.29. The van der Waals surface area contributed by atoms with Crippen molar-refractivity contribution in [2.75, 3.05) is 19.7 Å². The van der Waals surface area contributed by atoms with E-state index in [9.17, 15) is 9.59 Å². The molecule has 1 amide bonds. The number of carbonyl (C=O) groups is 2. The Hall–Kier alpha value is -2.46. The average molecular weight is 351 g/mol. The molecule has 2 aromatic carbocycles. The summed E-state index contributed by atoms with van der Waals surface area (Å²) in [4.78, 5) is 25.9. The number of carbonyl (C=O) groups excluding carboxylic acids is 2. The highest BCUT2D eigenvalue weighted by Crippen LogP contribution is 2.16. The Morgan fingerprint density at radius 2 is 1.73 bits per heavy atom. The fraction of sp³-hybridized carbons (Fsp3) is 0.364. The predicted molar refractivity (Wildman–Crippen MR) is 101 cm³/mol. The first-order chi connectivity index (χ1) is 12.6. The first-order valence-electron chi connectivity index (χ1n) is 9.19. The summed E-state index contributed by atoms with van der Waals surface area (Å²) in [5, 5.41) is 0. The molecule has 0 spiro atoms. The molecule has 0 bridgehead atoms. The summed E-state index contributed by atoms with van der Waals surface area (Å²) in [6.45, 7) is 3.34. The van der Waals surface area contributed by atoms with Gasteiger partial charge in [-0.25, -0.2) is 0 Å². The predicted octanol–water partition coefficient (Wildman–Crippen LogP) is 3.75. The SMILES string of the molecule is CC(=O)c1ccc(C(=O)N2CCOC(CCCc3ccccc3)C2)cc1. The van der Waals surface area contributed by atoms with Gasteiger partial charge in [-0.1, -0.05) is 42.5 Å². The quantitative estimate of drug-likeness (QED) is 0.745. The van der Waals surface area contributed by atoms with Crippen LogP contribution in [0.25, 0.3) is 0 Å². The molecule has 4 nitrogen and oxygen atoms in total. The number of nitrogens with zero attached hydrogens (tertiary/aromatic N) is 1. The van der Waals surface area contributed by atoms with Gasteiger partial charge in [-0.2, -0.15) is 0 Å². The number of aryl methyl sites for hydroxylation is 1. The molecule has 1 saturated heterocycles. The van der Waals surface area contributed by atoms with E-state index in [4.69, 9.17) is 4.74 Å². The number of hydrogen-bond donors (Lipinski definition) is 0. The van der Waals surface area contributed by atoms with Crippen LogP contribution in [0, 0.1) is 0 Å². The first-order valence-corrected chi connectivity index (χ1v) is 9.19. The fourth-order valence-corrected chi connectivity index (χ4v) is 3.29. The van der Waals surface area contributed by atoms with Crippen molar-refractivity contribution in [1.29, 1.82) is 0 Å². The van der Waals surface area contributed by atoms with Crippen molar-refractivity contribution in [3.8, 4) is 0 Å². The molecule has 1 heterocycles. The Kier molecular flexibility index (Phi) is 6.18. The molecule has 0 aliphatic carbocycles. The largest absolute Gasteiger partial charge is 0.375 e. The summed E-state index contributed by atoms with van der Waals surface area (Å²) in [5.41, 5.74) is 2.59. The minimum Gasteiger partial charge on any atom is -0.375 e. The Labute approximate surface area is 154 Å². The van der Waals surface area contributed by atoms with Crippen molar-refractivity contribution >= 4 is 11.7 Å². The van der Waals surface area contributed by atoms with E-state index in [1.165, 1.54) is 12.5 Å². The van der Waals surface area contributed by atoms with E-state index in [0.717, 1.165) is 19.3 Å². The minimum absolute atomic E-state index is 0.00820. The van der Waals surface area contributed by atoms with Crippen molar-refractivity contribution in [1.82, 2.24) is 4.90 Å². The van der Waals surface area contributed by atoms with Gasteiger partial charge in [0.1, 0.15) is 0 Å². The molecule has 1 atom stereocenters. The molecule has 0 N–H and O–H groups in total. The van der Waals surface area contributed by atoms with Crippen LogP contribution in [0.2, 0.25) is 0 Å². The second-order valence-electron chi connectivity index (χ2n) is 6.76. The number of morpholine rings is 1. The van der Waals surface area contributed by atoms with Crippen molar-refractivity contribution in [3.63, 3.8) is 0 Å². The van der Waals surface area contributed by atoms with E-state index in [2.05, 4.69) is 24.3 Å². The number of ketones is 1. The van der Waals surface area contributed by atoms with Gasteiger partial charge < -0.3 is 9.64 Å². The third-order valence-electron chi connectivity index (χ3n) is 4.80. The number of Topliss-reactive ketones (excluding diaryl/α,β-unsaturated/α-hetero) is 1. The molecule has 0 saturated carbocycles. The lowest BCUT2D eigenvalue weighted by Gasteiger charge is -2.33. The van der Waals surface area contributed by atoms with Crippen LogP contribution in [0.1, 0.15) is 46.0 Å². The van der Waals surface area contributed by atoms with E-state index >= 15 is 0 Å². The maximum Gasteiger partial charge on any atom is 0.254 e. The van der Waals surface area contributed by atoms with E-state index in [-0.39, 0.29) is 17.8 Å². The van der Waals surface area contributed by atoms with Gasteiger partial charge in [0.25, 0.3) is 5.91 Å². The van der Waals surface area contributed by atoms with E-state index in [1.54, 1.807) is 24.3 Å². The highest BCUT2D eigenvalue weighted by Gasteiger charge is 2.24. The molecule has 1 aliphatic heterocycles. The maximum atomic E-state index is 12.7. The minimum atomic E-state index is 0.00820. The highest BCUT2D eigenvalue weighted by molar-refractivity contribution is 5.97. The van der Waals surface area contributed by atoms with Crippen LogP contribution in [0.4, 0.5) is 0 Å². The zero-order valence-corrected chi connectivity index (χ0v) is 15.2. The Bertz CT molecular complexity index is 740. The van der Waals surface area contributed by atoms with Crippen LogP contribution in [-0.2, 0) is 11.2 Å². The van der Waals surface area contributed by atoms with Gasteiger partial charge in [-0.15, -0.1) is 0 Å². The third kappa shape index (κ3) is 4.79. The Morgan fingerprint density at radius 1 is 1.04 bits per heavy atom. The molecule has 3 rings (SSSR count). The number of ether oxygens (including phenoxy) is 1. The molecule has 1 aliphatic rings. The standard InChI is InChI=1S/C22H25NO3/c1-17(24)19-10-12-20(13-11-19)22(25)23-14-15-26-21(16-23)9-5-8-18-6-3-2-4-7-18/h2-4,6-7,10-13,21H,5,8-9,14-16H2,1H3. The van der Waals surface area contributed by atoms with E-state index < -0.39 is 0 Å². The van der Waals surface area contributed by atoms with Gasteiger partial charge >= 0.3 is 0 Å². The lowest BCUT2D eigenvalue weighted by atomic mass is 10.0. The van der Waals surface area contributed by atoms with Gasteiger partial charge in [0.2, 0.25) is 0 Å². The smallest absolute Gasteiger partial charge is 0.254 e. The number of rotatable bonds is 6. The van der Waals surface area contributed by atoms with Gasteiger partial charge in [0, 0.05) is 24.2 Å². The lowest BCUT2D eigenvalue weighted by Crippen LogP contribution is -2.45. The summed E-state index contributed by atoms with van der Waals surface area (Å²) in [5.74, 6) is 0.0188. The molecular formula is C22H25NO3. The molecule has 4 heteroatoms. The summed E-state index contributed by atoms with van der Waals surface area (Å²) < 4.78 is 5.84. The molecular weight excluding hydrogens is 326 g/mol. The first kappa shape index (κ1) is 18.3. The van der Waals surface area contributed by atoms with Gasteiger partial charge in [0.15, 0.2) is 5.78 Å². The highest BCUT2D eigenvalue weighted by atomic mass is 16.5. The van der Waals surface area contributed by atoms with Crippen molar-refractivity contribution in [3.05, 3.63) is 71.3 Å². The maximum absolute atomic E-state index is 12.7. The molecule has 1 unspecified atom stereocenters. The molecule has 0 radical (unpaired) electrons. The summed E-state index contributed by atoms with van der Waals surface area (Å²) in [6.07, 6.45) is 3.11. The van der Waals surface area contributed by atoms with Crippen molar-refractivity contribution in [2.45, 2.75) is 32.3 Å². The summed E-state index contributed by atoms with van der Waals surface area (Å²) >= 11 is 0. The van der Waals surface area contributed by atoms with Crippen molar-refractivity contribution < 1.29 is 14.3 Å². The monoisotopic (exact) mass is 351 g/mol. The van der Waals surface area contributed by atoms with E-state index in [1.807, 2.05) is 11.0 Å². The second kappa shape index (κ2) is 8.77. The molecule has 0 aromatic heterocycles. The number of benzene rings is 2. The third-order valence-corrected chi connectivity index (χ3v) is 4.80. The average Bonchev–Trinajstić information content (AvgIpc) is 2.68. The van der Waals surface area contributed by atoms with Crippen LogP contribution in [0.5, 0.6) is 0 Å². The Morgan fingerprint density at radius 3 is 2.42 bits per heavy atom. The van der Waals surface area contributed by atoms with Crippen LogP contribution < -0.4 is 0 Å². The zero-order chi connectivity index (χ0) is 18.4. The molecule has 26 heavy (non-hydrogen) atoms. The van der Waals surface area contributed by atoms with Crippen LogP contribution >= 0.6 is 0 Å². The second-order valence-corrected chi connectivity index (χ2v) is 6.76. The molecule has 136 valence electrons. The Balaban J connectivity index is 1.52. The lowest BCUT2D eigenvalue weighted by molar-refractivity contribution is -0.0255. The number of hydrogen-bond acceptors (Lipinski definition) is 3. The van der Waals surface area contributed by atoms with Gasteiger partial charge in [-0.3, -0.25) is 9.59 Å². The molecule has 1 fully saturated rings. The van der Waals surface area contributed by atoms with Gasteiger partial charge in [-0.05, 0) is 43.9 Å². The van der Waals surface area contributed by atoms with Crippen LogP contribution in [0.3, 0.4) is 0 Å². The van der Waals surface area contributed by atoms with Crippen LogP contribution in [0.15, 0.2) is 54.6 Å². The summed E-state index contributed by atoms with van der Waals surface area (Å²) in [6, 6.07) is 17.3. The van der Waals surface area contributed by atoms with E-state index in [0.29, 0.717) is 30.8 Å². The zero-order valence-electron chi connectivity index (χ0n) is 15.2. The topological polar surface area (TPSA) is 46.6 Å². The normalized spacial score (nSPS) is 17.1. The molecule has 2 aromatic rings. The van der Waals surface area contributed by atoms with Gasteiger partial charge in [0.05, 0.1) is 12.7 Å². The summed E-state index contributed by atoms with van der Waals surface area (Å²) in [7, 11) is 0. The van der Waals surface area contributed by atoms with Crippen LogP contribution in [-0.4, -0.2) is 42.4 Å².